The van der Waals surface area contributed by atoms with Gasteiger partial charge in [-0.25, -0.2) is 0 Å². The van der Waals surface area contributed by atoms with E-state index in [9.17, 15) is 4.79 Å². The van der Waals surface area contributed by atoms with Gasteiger partial charge in [0, 0.05) is 18.1 Å². The average Bonchev–Trinajstić information content (AvgIpc) is 3.21. The second-order valence-corrected chi connectivity index (χ2v) is 9.18. The summed E-state index contributed by atoms with van der Waals surface area (Å²) < 4.78 is 5.92. The molecule has 0 radical (unpaired) electrons. The lowest BCUT2D eigenvalue weighted by Gasteiger charge is -2.35. The van der Waals surface area contributed by atoms with Gasteiger partial charge in [-0.2, -0.15) is 0 Å². The Hall–Kier alpha value is -2.85. The zero-order valence-electron chi connectivity index (χ0n) is 19.1. The second-order valence-electron chi connectivity index (χ2n) is 9.18. The fourth-order valence-corrected chi connectivity index (χ4v) is 3.50. The molecule has 3 rings (SSSR count). The molecule has 0 spiro atoms. The van der Waals surface area contributed by atoms with Gasteiger partial charge in [0.05, 0.1) is 6.54 Å². The molecule has 1 unspecified atom stereocenters. The van der Waals surface area contributed by atoms with Crippen LogP contribution in [0.25, 0.3) is 0 Å². The summed E-state index contributed by atoms with van der Waals surface area (Å²) in [5.74, 6) is 1.01. The normalized spacial score (nSPS) is 12.7. The highest BCUT2D eigenvalue weighted by Gasteiger charge is 2.23. The Balaban J connectivity index is 1.56. The minimum atomic E-state index is -0.155. The summed E-state index contributed by atoms with van der Waals surface area (Å²) >= 11 is 0. The molecule has 4 heteroatoms. The number of furan rings is 1. The van der Waals surface area contributed by atoms with Crippen molar-refractivity contribution in [3.8, 4) is 0 Å². The Bertz CT molecular complexity index is 942. The van der Waals surface area contributed by atoms with E-state index in [4.69, 9.17) is 4.42 Å². The maximum atomic E-state index is 12.6. The number of nitrogens with one attached hydrogen (secondary N) is 1. The zero-order chi connectivity index (χ0) is 22.3. The summed E-state index contributed by atoms with van der Waals surface area (Å²) in [5.41, 5.74) is 2.51. The summed E-state index contributed by atoms with van der Waals surface area (Å²) in [4.78, 5) is 15.0. The Labute approximate surface area is 186 Å². The molecule has 0 saturated carbocycles. The van der Waals surface area contributed by atoms with Crippen LogP contribution in [0.4, 0.5) is 0 Å². The van der Waals surface area contributed by atoms with Crippen LogP contribution in [0.2, 0.25) is 0 Å². The summed E-state index contributed by atoms with van der Waals surface area (Å²) in [7, 11) is 0. The smallest absolute Gasteiger partial charge is 0.287 e. The number of carbonyl (C=O) groups is 1. The van der Waals surface area contributed by atoms with Gasteiger partial charge in [0.15, 0.2) is 5.76 Å². The lowest BCUT2D eigenvalue weighted by Crippen LogP contribution is -2.40. The summed E-state index contributed by atoms with van der Waals surface area (Å²) in [6.45, 7) is 10.1. The quantitative estimate of drug-likeness (QED) is 0.475. The Morgan fingerprint density at radius 1 is 0.903 bits per heavy atom. The van der Waals surface area contributed by atoms with Crippen molar-refractivity contribution in [1.82, 2.24) is 10.2 Å². The lowest BCUT2D eigenvalue weighted by molar-refractivity contribution is 0.0892. The first-order chi connectivity index (χ1) is 14.8. The number of nitrogens with zero attached hydrogens (tertiary/aromatic N) is 1. The molecule has 2 aromatic carbocycles. The van der Waals surface area contributed by atoms with Crippen molar-refractivity contribution in [2.24, 2.45) is 0 Å². The number of benzene rings is 2. The monoisotopic (exact) mass is 418 g/mol. The Morgan fingerprint density at radius 2 is 1.52 bits per heavy atom. The van der Waals surface area contributed by atoms with Crippen LogP contribution in [0, 0.1) is 0 Å². The molecule has 1 heterocycles. The van der Waals surface area contributed by atoms with Crippen molar-refractivity contribution in [2.75, 3.05) is 0 Å². The second kappa shape index (κ2) is 10.5. The van der Waals surface area contributed by atoms with E-state index in [1.54, 1.807) is 6.07 Å². The van der Waals surface area contributed by atoms with E-state index in [1.807, 2.05) is 37.3 Å². The van der Waals surface area contributed by atoms with Gasteiger partial charge in [-0.05, 0) is 63.8 Å². The minimum absolute atomic E-state index is 0.0307. The molecule has 1 amide bonds. The van der Waals surface area contributed by atoms with Crippen LogP contribution in [0.15, 0.2) is 77.2 Å². The first-order valence-electron chi connectivity index (χ1n) is 11.0. The van der Waals surface area contributed by atoms with Gasteiger partial charge in [0.1, 0.15) is 5.76 Å². The van der Waals surface area contributed by atoms with Crippen LogP contribution in [0.1, 0.15) is 61.6 Å². The lowest BCUT2D eigenvalue weighted by atomic mass is 10.0. The van der Waals surface area contributed by atoms with E-state index in [0.29, 0.717) is 12.3 Å². The highest BCUT2D eigenvalue weighted by Crippen LogP contribution is 2.22. The van der Waals surface area contributed by atoms with Gasteiger partial charge in [0.2, 0.25) is 0 Å². The van der Waals surface area contributed by atoms with Crippen molar-refractivity contribution in [1.29, 1.82) is 0 Å². The number of hydrogen-bond donors (Lipinski definition) is 1. The van der Waals surface area contributed by atoms with E-state index in [2.05, 4.69) is 67.4 Å². The van der Waals surface area contributed by atoms with Gasteiger partial charge >= 0.3 is 0 Å². The van der Waals surface area contributed by atoms with Crippen molar-refractivity contribution < 1.29 is 9.21 Å². The first-order valence-corrected chi connectivity index (χ1v) is 11.0. The van der Waals surface area contributed by atoms with Crippen molar-refractivity contribution in [3.63, 3.8) is 0 Å². The molecule has 1 atom stereocenters. The van der Waals surface area contributed by atoms with Crippen LogP contribution in [-0.4, -0.2) is 22.4 Å². The predicted octanol–water partition coefficient (Wildman–Crippen LogP) is 5.83. The third-order valence-corrected chi connectivity index (χ3v) is 5.48. The molecule has 0 bridgehead atoms. The maximum Gasteiger partial charge on any atom is 0.287 e. The standard InChI is InChI=1S/C27H34N2O2/c1-21(15-16-22-11-7-5-8-12-22)28-26(30)25-18-17-24(31-25)20-29(27(2,3)4)19-23-13-9-6-10-14-23/h5-14,17-18,21H,15-16,19-20H2,1-4H3,(H,28,30). The van der Waals surface area contributed by atoms with Gasteiger partial charge in [0.25, 0.3) is 5.91 Å². The summed E-state index contributed by atoms with van der Waals surface area (Å²) in [5, 5.41) is 3.06. The van der Waals surface area contributed by atoms with Crippen LogP contribution in [0.3, 0.4) is 0 Å². The molecule has 164 valence electrons. The highest BCUT2D eigenvalue weighted by atomic mass is 16.4. The number of aryl methyl sites for hydroxylation is 1. The third-order valence-electron chi connectivity index (χ3n) is 5.48. The molecular weight excluding hydrogens is 384 g/mol. The van der Waals surface area contributed by atoms with Gasteiger partial charge in [-0.3, -0.25) is 9.69 Å². The number of carbonyl (C=O) groups excluding carboxylic acids is 1. The van der Waals surface area contributed by atoms with Crippen molar-refractivity contribution >= 4 is 5.91 Å². The molecular formula is C27H34N2O2. The fourth-order valence-electron chi connectivity index (χ4n) is 3.50. The molecule has 31 heavy (non-hydrogen) atoms. The molecule has 0 saturated heterocycles. The fraction of sp³-hybridized carbons (Fsp3) is 0.370. The molecule has 1 aromatic heterocycles. The van der Waals surface area contributed by atoms with E-state index < -0.39 is 0 Å². The van der Waals surface area contributed by atoms with E-state index in [0.717, 1.165) is 25.1 Å². The zero-order valence-corrected chi connectivity index (χ0v) is 19.1. The molecule has 0 aliphatic carbocycles. The van der Waals surface area contributed by atoms with E-state index >= 15 is 0 Å². The first kappa shape index (κ1) is 22.8. The maximum absolute atomic E-state index is 12.6. The van der Waals surface area contributed by atoms with Crippen LogP contribution < -0.4 is 5.32 Å². The van der Waals surface area contributed by atoms with Crippen LogP contribution in [-0.2, 0) is 19.5 Å². The molecule has 0 fully saturated rings. The summed E-state index contributed by atoms with van der Waals surface area (Å²) in [6.07, 6.45) is 1.82. The molecule has 3 aromatic rings. The third kappa shape index (κ3) is 7.11. The highest BCUT2D eigenvalue weighted by molar-refractivity contribution is 5.91. The predicted molar refractivity (Wildman–Crippen MR) is 126 cm³/mol. The van der Waals surface area contributed by atoms with Crippen molar-refractivity contribution in [2.45, 2.75) is 65.2 Å². The summed E-state index contributed by atoms with van der Waals surface area (Å²) in [6, 6.07) is 24.5. The van der Waals surface area contributed by atoms with E-state index in [1.165, 1.54) is 11.1 Å². The molecule has 0 aliphatic heterocycles. The topological polar surface area (TPSA) is 45.5 Å². The van der Waals surface area contributed by atoms with Crippen LogP contribution >= 0.6 is 0 Å². The number of rotatable bonds is 9. The molecule has 0 aliphatic rings. The number of hydrogen-bond acceptors (Lipinski definition) is 3. The van der Waals surface area contributed by atoms with Gasteiger partial charge < -0.3 is 9.73 Å². The number of amides is 1. The SMILES string of the molecule is CC(CCc1ccccc1)NC(=O)c1ccc(CN(Cc2ccccc2)C(C)(C)C)o1. The average molecular weight is 419 g/mol. The van der Waals surface area contributed by atoms with Crippen molar-refractivity contribution in [3.05, 3.63) is 95.4 Å². The van der Waals surface area contributed by atoms with Gasteiger partial charge in [-0.15, -0.1) is 0 Å². The van der Waals surface area contributed by atoms with Gasteiger partial charge in [-0.1, -0.05) is 60.7 Å². The molecule has 1 N–H and O–H groups in total. The largest absolute Gasteiger partial charge is 0.455 e. The van der Waals surface area contributed by atoms with E-state index in [-0.39, 0.29) is 17.5 Å². The van der Waals surface area contributed by atoms with Crippen LogP contribution in [0.5, 0.6) is 0 Å². The Morgan fingerprint density at radius 3 is 2.13 bits per heavy atom. The Kier molecular flexibility index (Phi) is 7.69. The minimum Gasteiger partial charge on any atom is -0.455 e. The molecule has 4 nitrogen and oxygen atoms in total.